The highest BCUT2D eigenvalue weighted by molar-refractivity contribution is 5.89. The first-order chi connectivity index (χ1) is 26.5. The van der Waals surface area contributed by atoms with E-state index in [1.807, 2.05) is 12.2 Å². The van der Waals surface area contributed by atoms with E-state index in [4.69, 9.17) is 33.2 Å². The Balaban J connectivity index is 1.49. The molecular formula is C41H51F2NO13. The third kappa shape index (κ3) is 7.50. The lowest BCUT2D eigenvalue weighted by Crippen LogP contribution is -2.78. The highest BCUT2D eigenvalue weighted by Gasteiger charge is 2.75. The summed E-state index contributed by atoms with van der Waals surface area (Å²) in [6.45, 7) is 17.6. The zero-order chi connectivity index (χ0) is 42.0. The largest absolute Gasteiger partial charge is 0.456 e. The van der Waals surface area contributed by atoms with E-state index in [-0.39, 0.29) is 28.9 Å². The van der Waals surface area contributed by atoms with E-state index in [9.17, 15) is 38.2 Å². The van der Waals surface area contributed by atoms with Gasteiger partial charge in [0.1, 0.15) is 41.7 Å². The predicted molar refractivity (Wildman–Crippen MR) is 196 cm³/mol. The van der Waals surface area contributed by atoms with Crippen molar-refractivity contribution < 1.29 is 71.3 Å². The number of carbonyl (C=O) groups excluding carboxylic acids is 4. The third-order valence-electron chi connectivity index (χ3n) is 11.8. The number of aliphatic hydroxyl groups is 2. The van der Waals surface area contributed by atoms with Gasteiger partial charge in [-0.05, 0) is 75.5 Å². The van der Waals surface area contributed by atoms with Crippen LogP contribution in [0.5, 0.6) is 0 Å². The van der Waals surface area contributed by atoms with Crippen molar-refractivity contribution in [3.63, 3.8) is 0 Å². The fourth-order valence-corrected chi connectivity index (χ4v) is 9.26. The van der Waals surface area contributed by atoms with Gasteiger partial charge in [0.05, 0.1) is 24.2 Å². The number of ether oxygens (including phenoxy) is 7. The molecule has 2 saturated heterocycles. The number of hydrogen-bond donors (Lipinski definition) is 3. The number of alkyl halides is 2. The smallest absolute Gasteiger partial charge is 0.408 e. The lowest BCUT2D eigenvalue weighted by Gasteiger charge is -2.66. The molecule has 6 rings (SSSR count). The molecular weight excluding hydrogens is 752 g/mol. The molecule has 14 nitrogen and oxygen atoms in total. The Labute approximate surface area is 329 Å². The van der Waals surface area contributed by atoms with Crippen LogP contribution in [0.2, 0.25) is 0 Å². The highest BCUT2D eigenvalue weighted by atomic mass is 19.3. The average Bonchev–Trinajstić information content (AvgIpc) is 3.54. The zero-order valence-electron chi connectivity index (χ0n) is 33.0. The Kier molecular flexibility index (Phi) is 11.1. The molecule has 3 aliphatic carbocycles. The first-order valence-electron chi connectivity index (χ1n) is 18.9. The number of aliphatic hydroxyl groups excluding tert-OH is 1. The molecule has 1 aromatic rings. The molecule has 1 aromatic carbocycles. The molecule has 2 saturated carbocycles. The summed E-state index contributed by atoms with van der Waals surface area (Å²) in [6.07, 6.45) is -8.96. The van der Waals surface area contributed by atoms with Gasteiger partial charge in [0.15, 0.2) is 18.0 Å². The monoisotopic (exact) mass is 803 g/mol. The van der Waals surface area contributed by atoms with E-state index in [1.165, 1.54) is 45.9 Å². The molecule has 0 spiro atoms. The number of carbonyl (C=O) groups is 4. The van der Waals surface area contributed by atoms with E-state index < -0.39 is 113 Å². The molecule has 312 valence electrons. The molecule has 5 aliphatic rings. The van der Waals surface area contributed by atoms with Crippen LogP contribution in [-0.2, 0) is 42.7 Å². The topological polar surface area (TPSA) is 185 Å². The molecule has 2 heterocycles. The van der Waals surface area contributed by atoms with Crippen LogP contribution in [0.3, 0.4) is 0 Å². The second-order valence-electron chi connectivity index (χ2n) is 16.9. The van der Waals surface area contributed by atoms with Crippen LogP contribution in [0.4, 0.5) is 13.6 Å². The van der Waals surface area contributed by atoms with Gasteiger partial charge in [0.25, 0.3) is 5.92 Å². The zero-order valence-corrected chi connectivity index (χ0v) is 33.0. The summed E-state index contributed by atoms with van der Waals surface area (Å²) in [5.41, 5.74) is -5.28. The first kappa shape index (κ1) is 42.4. The number of fused-ring (bicyclic) bond motifs is 8. The Morgan fingerprint density at radius 3 is 2.32 bits per heavy atom. The summed E-state index contributed by atoms with van der Waals surface area (Å²) < 4.78 is 72.2. The average molecular weight is 804 g/mol. The van der Waals surface area contributed by atoms with Crippen molar-refractivity contribution in [3.8, 4) is 0 Å². The summed E-state index contributed by atoms with van der Waals surface area (Å²) in [5, 5.41) is 26.2. The summed E-state index contributed by atoms with van der Waals surface area (Å²) >= 11 is 0. The Morgan fingerprint density at radius 2 is 1.75 bits per heavy atom. The fraction of sp³-hybridized carbons (Fsp3) is 0.610. The molecule has 0 aromatic heterocycles. The summed E-state index contributed by atoms with van der Waals surface area (Å²) in [4.78, 5) is 53.3. The minimum absolute atomic E-state index is 0.0222. The molecule has 3 N–H and O–H groups in total. The lowest BCUT2D eigenvalue weighted by molar-refractivity contribution is -0.337. The fourth-order valence-electron chi connectivity index (χ4n) is 9.26. The SMILES string of the molecule is C=C[C@@H]1O[C@@H]2C3=C(C)[C@@H](OC(=O)[C@H](O)[C@@H](NC(=O)OC(C)(C)C)C(C)(F)F)C[C@](O)(C3=C)[C@@H](OC(=O)c3ccccc3)[C@H]3[C@@](C)(CC[C@H]4OC[C@]43OC(C)=O)[C@@H]2O1. The van der Waals surface area contributed by atoms with Gasteiger partial charge < -0.3 is 48.7 Å². The van der Waals surface area contributed by atoms with Gasteiger partial charge in [-0.3, -0.25) is 4.79 Å². The Morgan fingerprint density at radius 1 is 1.09 bits per heavy atom. The second kappa shape index (κ2) is 14.9. The third-order valence-corrected chi connectivity index (χ3v) is 11.8. The van der Waals surface area contributed by atoms with Crippen LogP contribution < -0.4 is 5.32 Å². The Bertz CT molecular complexity index is 1840. The number of hydrogen-bond acceptors (Lipinski definition) is 13. The van der Waals surface area contributed by atoms with E-state index in [2.05, 4.69) is 13.2 Å². The van der Waals surface area contributed by atoms with Gasteiger partial charge in [-0.25, -0.2) is 23.2 Å². The number of amides is 1. The van der Waals surface area contributed by atoms with Crippen molar-refractivity contribution in [1.82, 2.24) is 5.32 Å². The molecule has 2 bridgehead atoms. The number of nitrogens with one attached hydrogen (secondary N) is 1. The van der Waals surface area contributed by atoms with Crippen molar-refractivity contribution in [3.05, 3.63) is 71.8 Å². The molecule has 2 aliphatic heterocycles. The van der Waals surface area contributed by atoms with E-state index >= 15 is 0 Å². The first-order valence-corrected chi connectivity index (χ1v) is 18.9. The number of benzene rings is 1. The van der Waals surface area contributed by atoms with Crippen LogP contribution in [0.15, 0.2) is 66.3 Å². The summed E-state index contributed by atoms with van der Waals surface area (Å²) in [6, 6.07) is 5.51. The molecule has 4 fully saturated rings. The van der Waals surface area contributed by atoms with Crippen molar-refractivity contribution in [2.75, 3.05) is 6.61 Å². The van der Waals surface area contributed by atoms with Crippen LogP contribution >= 0.6 is 0 Å². The van der Waals surface area contributed by atoms with E-state index in [0.717, 1.165) is 0 Å². The number of alkyl carbamates (subject to hydrolysis) is 1. The number of rotatable bonds is 9. The Hall–Kier alpha value is -4.22. The standard InChI is InChI=1S/C41H51F2NO13/c1-10-26-53-29-27-20(2)24(52-35(48)28(46)31(39(9,42)43)44-36(49)57-37(5,6)7)18-40(50,21(27)3)33(55-34(47)23-14-12-11-13-15-23)30-38(8,32(29)54-26)17-16-25-41(30,19-51-25)56-22(4)45/h10-15,24-26,28-33,46,50H,1,3,16-19H2,2,4-9H3,(H,44,49)/t24-,25+,26+,28+,29+,30-,31+,32+,33-,38+,40-,41-/m0/s1. The van der Waals surface area contributed by atoms with Gasteiger partial charge in [-0.1, -0.05) is 38.3 Å². The van der Waals surface area contributed by atoms with Gasteiger partial charge >= 0.3 is 24.0 Å². The number of esters is 3. The van der Waals surface area contributed by atoms with Gasteiger partial charge in [-0.15, -0.1) is 0 Å². The summed E-state index contributed by atoms with van der Waals surface area (Å²) in [5.74, 6) is -7.99. The molecule has 57 heavy (non-hydrogen) atoms. The minimum atomic E-state index is -3.86. The van der Waals surface area contributed by atoms with Crippen LogP contribution in [0.25, 0.3) is 0 Å². The van der Waals surface area contributed by atoms with Crippen LogP contribution in [0, 0.1) is 11.3 Å². The lowest BCUT2D eigenvalue weighted by atomic mass is 9.48. The normalized spacial score (nSPS) is 35.7. The molecule has 16 heteroatoms. The van der Waals surface area contributed by atoms with E-state index in [0.29, 0.717) is 19.8 Å². The predicted octanol–water partition coefficient (Wildman–Crippen LogP) is 4.47. The molecule has 12 atom stereocenters. The van der Waals surface area contributed by atoms with Gasteiger partial charge in [0.2, 0.25) is 0 Å². The van der Waals surface area contributed by atoms with E-state index in [1.54, 1.807) is 25.1 Å². The van der Waals surface area contributed by atoms with Crippen molar-refractivity contribution in [2.24, 2.45) is 11.3 Å². The molecule has 1 amide bonds. The van der Waals surface area contributed by atoms with Gasteiger partial charge in [0, 0.05) is 25.7 Å². The van der Waals surface area contributed by atoms with Crippen molar-refractivity contribution in [2.45, 2.75) is 139 Å². The maximum absolute atomic E-state index is 14.9. The van der Waals surface area contributed by atoms with Crippen molar-refractivity contribution in [1.29, 1.82) is 0 Å². The van der Waals surface area contributed by atoms with Crippen molar-refractivity contribution >= 4 is 24.0 Å². The number of halogens is 2. The quantitative estimate of drug-likeness (QED) is 0.181. The minimum Gasteiger partial charge on any atom is -0.456 e. The van der Waals surface area contributed by atoms with Crippen LogP contribution in [-0.4, -0.2) is 113 Å². The van der Waals surface area contributed by atoms with Crippen LogP contribution in [0.1, 0.15) is 78.1 Å². The molecule has 0 radical (unpaired) electrons. The maximum Gasteiger partial charge on any atom is 0.408 e. The summed E-state index contributed by atoms with van der Waals surface area (Å²) in [7, 11) is 0. The van der Waals surface area contributed by atoms with Gasteiger partial charge in [-0.2, -0.15) is 0 Å². The second-order valence-corrected chi connectivity index (χ2v) is 16.9. The molecule has 0 unspecified atom stereocenters. The highest BCUT2D eigenvalue weighted by Crippen LogP contribution is 2.64. The maximum atomic E-state index is 14.9.